The number of rotatable bonds is 6. The van der Waals surface area contributed by atoms with Crippen molar-refractivity contribution in [1.82, 2.24) is 10.6 Å². The fraction of sp³-hybridized carbons (Fsp3) is 0.400. The quantitative estimate of drug-likeness (QED) is 0.762. The van der Waals surface area contributed by atoms with Crippen LogP contribution in [-0.2, 0) is 4.79 Å². The zero-order valence-electron chi connectivity index (χ0n) is 11.6. The Hall–Kier alpha value is -1.99. The lowest BCUT2D eigenvalue weighted by atomic mass is 10.1. The Morgan fingerprint density at radius 1 is 1.42 bits per heavy atom. The van der Waals surface area contributed by atoms with Gasteiger partial charge in [-0.3, -0.25) is 10.1 Å². The van der Waals surface area contributed by atoms with Crippen molar-refractivity contribution in [2.75, 3.05) is 13.7 Å². The van der Waals surface area contributed by atoms with Crippen LogP contribution in [-0.4, -0.2) is 25.6 Å². The number of carbonyl (C=O) groups excluding carboxylic acids is 1. The van der Waals surface area contributed by atoms with Gasteiger partial charge in [-0.2, -0.15) is 0 Å². The molecule has 0 aliphatic heterocycles. The number of nitrogens with one attached hydrogen (secondary N) is 2. The molecule has 0 aliphatic rings. The van der Waals surface area contributed by atoms with Gasteiger partial charge in [-0.1, -0.05) is 24.1 Å². The maximum absolute atomic E-state index is 11.7. The Morgan fingerprint density at radius 3 is 2.74 bits per heavy atom. The van der Waals surface area contributed by atoms with Crippen LogP contribution in [0.1, 0.15) is 25.5 Å². The molecule has 0 fully saturated rings. The molecule has 1 aromatic carbocycles. The van der Waals surface area contributed by atoms with Gasteiger partial charge in [0.1, 0.15) is 5.75 Å². The summed E-state index contributed by atoms with van der Waals surface area (Å²) in [5.74, 6) is 3.07. The maximum atomic E-state index is 11.7. The highest BCUT2D eigenvalue weighted by Gasteiger charge is 2.17. The van der Waals surface area contributed by atoms with E-state index < -0.39 is 0 Å². The Balaban J connectivity index is 2.66. The van der Waals surface area contributed by atoms with Gasteiger partial charge in [0.2, 0.25) is 5.91 Å². The fourth-order valence-electron chi connectivity index (χ4n) is 1.86. The molecule has 0 saturated carbocycles. The Kier molecular flexibility index (Phi) is 5.91. The number of amides is 1. The minimum absolute atomic E-state index is 0.00253. The van der Waals surface area contributed by atoms with E-state index in [0.29, 0.717) is 0 Å². The van der Waals surface area contributed by atoms with E-state index in [1.54, 1.807) is 14.0 Å². The fourth-order valence-corrected chi connectivity index (χ4v) is 1.86. The SMILES string of the molecule is C#CCNC(=O)C(C)N[C@@H](C)c1ccccc1OC. The summed E-state index contributed by atoms with van der Waals surface area (Å²) in [6.45, 7) is 4.04. The van der Waals surface area contributed by atoms with Gasteiger partial charge in [-0.05, 0) is 19.9 Å². The van der Waals surface area contributed by atoms with Crippen LogP contribution >= 0.6 is 0 Å². The second kappa shape index (κ2) is 7.45. The summed E-state index contributed by atoms with van der Waals surface area (Å²) in [5.41, 5.74) is 1.02. The van der Waals surface area contributed by atoms with Crippen molar-refractivity contribution in [2.24, 2.45) is 0 Å². The zero-order chi connectivity index (χ0) is 14.3. The zero-order valence-corrected chi connectivity index (χ0v) is 11.6. The van der Waals surface area contributed by atoms with E-state index in [2.05, 4.69) is 16.6 Å². The van der Waals surface area contributed by atoms with Gasteiger partial charge in [0.25, 0.3) is 0 Å². The average Bonchev–Trinajstić information content (AvgIpc) is 2.44. The van der Waals surface area contributed by atoms with Crippen molar-refractivity contribution < 1.29 is 9.53 Å². The number of para-hydroxylation sites is 1. The van der Waals surface area contributed by atoms with E-state index in [-0.39, 0.29) is 24.5 Å². The average molecular weight is 260 g/mol. The monoisotopic (exact) mass is 260 g/mol. The largest absolute Gasteiger partial charge is 0.496 e. The molecule has 0 aromatic heterocycles. The summed E-state index contributed by atoms with van der Waals surface area (Å²) in [4.78, 5) is 11.7. The number of terminal acetylenes is 1. The first kappa shape index (κ1) is 15.1. The van der Waals surface area contributed by atoms with Crippen LogP contribution in [0.15, 0.2) is 24.3 Å². The summed E-state index contributed by atoms with van der Waals surface area (Å²) < 4.78 is 5.31. The summed E-state index contributed by atoms with van der Waals surface area (Å²) in [6.07, 6.45) is 5.11. The molecule has 1 aromatic rings. The molecule has 0 saturated heterocycles. The normalized spacial score (nSPS) is 13.2. The van der Waals surface area contributed by atoms with E-state index >= 15 is 0 Å². The molecule has 19 heavy (non-hydrogen) atoms. The maximum Gasteiger partial charge on any atom is 0.237 e. The Morgan fingerprint density at radius 2 is 2.11 bits per heavy atom. The van der Waals surface area contributed by atoms with Crippen LogP contribution in [0.4, 0.5) is 0 Å². The Labute approximate surface area is 114 Å². The lowest BCUT2D eigenvalue weighted by Gasteiger charge is -2.21. The molecule has 0 bridgehead atoms. The van der Waals surface area contributed by atoms with Crippen LogP contribution < -0.4 is 15.4 Å². The smallest absolute Gasteiger partial charge is 0.237 e. The highest BCUT2D eigenvalue weighted by atomic mass is 16.5. The van der Waals surface area contributed by atoms with Crippen molar-refractivity contribution in [1.29, 1.82) is 0 Å². The summed E-state index contributed by atoms with van der Waals surface area (Å²) >= 11 is 0. The first-order chi connectivity index (χ1) is 9.10. The van der Waals surface area contributed by atoms with E-state index in [0.717, 1.165) is 11.3 Å². The van der Waals surface area contributed by atoms with Crippen LogP contribution in [0.25, 0.3) is 0 Å². The number of ether oxygens (including phenoxy) is 1. The van der Waals surface area contributed by atoms with E-state index in [9.17, 15) is 4.79 Å². The molecule has 1 unspecified atom stereocenters. The topological polar surface area (TPSA) is 50.4 Å². The predicted octanol–water partition coefficient (Wildman–Crippen LogP) is 1.48. The first-order valence-electron chi connectivity index (χ1n) is 6.20. The standard InChI is InChI=1S/C15H20N2O2/c1-5-10-16-15(18)12(3)17-11(2)13-8-6-7-9-14(13)19-4/h1,6-9,11-12,17H,10H2,2-4H3,(H,16,18)/t11-,12?/m0/s1. The lowest BCUT2D eigenvalue weighted by molar-refractivity contribution is -0.122. The third-order valence-electron chi connectivity index (χ3n) is 2.86. The van der Waals surface area contributed by atoms with E-state index in [4.69, 9.17) is 11.2 Å². The number of benzene rings is 1. The van der Waals surface area contributed by atoms with Gasteiger partial charge in [-0.15, -0.1) is 6.42 Å². The van der Waals surface area contributed by atoms with Gasteiger partial charge in [0.05, 0.1) is 19.7 Å². The lowest BCUT2D eigenvalue weighted by Crippen LogP contribution is -2.43. The molecular formula is C15H20N2O2. The van der Waals surface area contributed by atoms with Gasteiger partial charge < -0.3 is 10.1 Å². The minimum atomic E-state index is -0.326. The number of hydrogen-bond acceptors (Lipinski definition) is 3. The minimum Gasteiger partial charge on any atom is -0.496 e. The number of hydrogen-bond donors (Lipinski definition) is 2. The molecular weight excluding hydrogens is 240 g/mol. The van der Waals surface area contributed by atoms with Crippen LogP contribution in [0.3, 0.4) is 0 Å². The molecule has 0 heterocycles. The molecule has 1 rings (SSSR count). The Bertz CT molecular complexity index is 465. The molecule has 2 atom stereocenters. The van der Waals surface area contributed by atoms with Gasteiger partial charge in [0.15, 0.2) is 0 Å². The van der Waals surface area contributed by atoms with Gasteiger partial charge in [-0.25, -0.2) is 0 Å². The van der Waals surface area contributed by atoms with Crippen molar-refractivity contribution in [3.63, 3.8) is 0 Å². The van der Waals surface area contributed by atoms with Crippen molar-refractivity contribution in [2.45, 2.75) is 25.9 Å². The molecule has 102 valence electrons. The highest BCUT2D eigenvalue weighted by Crippen LogP contribution is 2.24. The summed E-state index contributed by atoms with van der Waals surface area (Å²) in [6, 6.07) is 7.41. The van der Waals surface area contributed by atoms with Crippen LogP contribution in [0, 0.1) is 12.3 Å². The molecule has 0 aliphatic carbocycles. The molecule has 4 nitrogen and oxygen atoms in total. The molecule has 2 N–H and O–H groups in total. The summed E-state index contributed by atoms with van der Waals surface area (Å²) in [7, 11) is 1.63. The van der Waals surface area contributed by atoms with Gasteiger partial charge in [0, 0.05) is 11.6 Å². The third-order valence-corrected chi connectivity index (χ3v) is 2.86. The highest BCUT2D eigenvalue weighted by molar-refractivity contribution is 5.81. The number of methoxy groups -OCH3 is 1. The van der Waals surface area contributed by atoms with E-state index in [1.165, 1.54) is 0 Å². The van der Waals surface area contributed by atoms with E-state index in [1.807, 2.05) is 31.2 Å². The van der Waals surface area contributed by atoms with Crippen LogP contribution in [0.5, 0.6) is 5.75 Å². The van der Waals surface area contributed by atoms with Crippen molar-refractivity contribution >= 4 is 5.91 Å². The first-order valence-corrected chi connectivity index (χ1v) is 6.20. The molecule has 0 radical (unpaired) electrons. The third kappa shape index (κ3) is 4.31. The molecule has 1 amide bonds. The second-order valence-corrected chi connectivity index (χ2v) is 4.27. The van der Waals surface area contributed by atoms with Crippen molar-refractivity contribution in [3.05, 3.63) is 29.8 Å². The molecule has 4 heteroatoms. The molecule has 0 spiro atoms. The van der Waals surface area contributed by atoms with Gasteiger partial charge >= 0.3 is 0 Å². The van der Waals surface area contributed by atoms with Crippen molar-refractivity contribution in [3.8, 4) is 18.1 Å². The summed E-state index contributed by atoms with van der Waals surface area (Å²) in [5, 5.41) is 5.87. The predicted molar refractivity (Wildman–Crippen MR) is 75.8 cm³/mol. The van der Waals surface area contributed by atoms with Crippen LogP contribution in [0.2, 0.25) is 0 Å². The second-order valence-electron chi connectivity index (χ2n) is 4.27. The number of carbonyl (C=O) groups is 1.